The third-order valence-electron chi connectivity index (χ3n) is 2.65. The number of carbonyl (C=O) groups is 2. The minimum absolute atomic E-state index is 0.0787. The van der Waals surface area contributed by atoms with E-state index in [0.29, 0.717) is 21.8 Å². The van der Waals surface area contributed by atoms with Gasteiger partial charge in [0, 0.05) is 16.3 Å². The Balaban J connectivity index is 2.11. The van der Waals surface area contributed by atoms with Gasteiger partial charge in [-0.15, -0.1) is 0 Å². The number of rotatable bonds is 4. The van der Waals surface area contributed by atoms with E-state index in [2.05, 4.69) is 5.32 Å². The normalized spacial score (nSPS) is 10.1. The first-order valence-electron chi connectivity index (χ1n) is 5.92. The van der Waals surface area contributed by atoms with Gasteiger partial charge in [-0.2, -0.15) is 0 Å². The van der Waals surface area contributed by atoms with Gasteiger partial charge in [-0.1, -0.05) is 23.7 Å². The van der Waals surface area contributed by atoms with Crippen LogP contribution in [0.2, 0.25) is 5.02 Å². The SMILES string of the molecule is O=C(O)Cc1cccc(NC(=O)c2ccc(Cl)cc2)c1. The van der Waals surface area contributed by atoms with Crippen molar-refractivity contribution in [2.24, 2.45) is 0 Å². The summed E-state index contributed by atoms with van der Waals surface area (Å²) in [6, 6.07) is 13.3. The van der Waals surface area contributed by atoms with Gasteiger partial charge in [0.05, 0.1) is 6.42 Å². The van der Waals surface area contributed by atoms with Crippen LogP contribution < -0.4 is 5.32 Å². The van der Waals surface area contributed by atoms with Crippen LogP contribution in [0.25, 0.3) is 0 Å². The van der Waals surface area contributed by atoms with E-state index in [9.17, 15) is 9.59 Å². The van der Waals surface area contributed by atoms with Gasteiger partial charge in [0.25, 0.3) is 5.91 Å². The number of benzene rings is 2. The minimum Gasteiger partial charge on any atom is -0.481 e. The van der Waals surface area contributed by atoms with E-state index in [1.54, 1.807) is 48.5 Å². The number of hydrogen-bond acceptors (Lipinski definition) is 2. The Labute approximate surface area is 121 Å². The fourth-order valence-electron chi connectivity index (χ4n) is 1.74. The second-order valence-electron chi connectivity index (χ2n) is 4.23. The molecule has 0 saturated carbocycles. The molecule has 0 aliphatic rings. The molecule has 0 aliphatic heterocycles. The first-order valence-corrected chi connectivity index (χ1v) is 6.30. The Morgan fingerprint density at radius 1 is 1.10 bits per heavy atom. The molecule has 0 aliphatic carbocycles. The van der Waals surface area contributed by atoms with Crippen molar-refractivity contribution < 1.29 is 14.7 Å². The van der Waals surface area contributed by atoms with Gasteiger partial charge in [-0.3, -0.25) is 9.59 Å². The van der Waals surface area contributed by atoms with Crippen molar-refractivity contribution in [1.29, 1.82) is 0 Å². The molecule has 2 N–H and O–H groups in total. The standard InChI is InChI=1S/C15H12ClNO3/c16-12-6-4-11(5-7-12)15(20)17-13-3-1-2-10(8-13)9-14(18)19/h1-8H,9H2,(H,17,20)(H,18,19). The van der Waals surface area contributed by atoms with E-state index >= 15 is 0 Å². The number of carboxylic acid groups (broad SMARTS) is 1. The van der Waals surface area contributed by atoms with Crippen LogP contribution in [0.5, 0.6) is 0 Å². The molecule has 0 radical (unpaired) electrons. The summed E-state index contributed by atoms with van der Waals surface area (Å²) in [5.74, 6) is -1.18. The molecule has 0 bridgehead atoms. The lowest BCUT2D eigenvalue weighted by Gasteiger charge is -2.07. The largest absolute Gasteiger partial charge is 0.481 e. The number of anilines is 1. The fourth-order valence-corrected chi connectivity index (χ4v) is 1.86. The highest BCUT2D eigenvalue weighted by molar-refractivity contribution is 6.30. The number of hydrogen-bond donors (Lipinski definition) is 2. The first-order chi connectivity index (χ1) is 9.54. The highest BCUT2D eigenvalue weighted by Crippen LogP contribution is 2.14. The molecule has 0 unspecified atom stereocenters. The van der Waals surface area contributed by atoms with E-state index in [-0.39, 0.29) is 12.3 Å². The number of aliphatic carboxylic acids is 1. The van der Waals surface area contributed by atoms with Crippen molar-refractivity contribution in [3.05, 3.63) is 64.7 Å². The maximum Gasteiger partial charge on any atom is 0.307 e. The van der Waals surface area contributed by atoms with Crippen molar-refractivity contribution in [2.45, 2.75) is 6.42 Å². The van der Waals surface area contributed by atoms with Crippen molar-refractivity contribution in [3.63, 3.8) is 0 Å². The van der Waals surface area contributed by atoms with Crippen LogP contribution in [0.3, 0.4) is 0 Å². The molecule has 0 heterocycles. The van der Waals surface area contributed by atoms with Crippen LogP contribution in [-0.2, 0) is 11.2 Å². The zero-order valence-electron chi connectivity index (χ0n) is 10.5. The summed E-state index contributed by atoms with van der Waals surface area (Å²) >= 11 is 5.76. The Kier molecular flexibility index (Phi) is 4.38. The maximum absolute atomic E-state index is 12.0. The number of amides is 1. The van der Waals surface area contributed by atoms with E-state index < -0.39 is 5.97 Å². The molecule has 102 valence electrons. The summed E-state index contributed by atoms with van der Waals surface area (Å²) in [4.78, 5) is 22.6. The Bertz CT molecular complexity index is 638. The van der Waals surface area contributed by atoms with Crippen molar-refractivity contribution in [2.75, 3.05) is 5.32 Å². The zero-order valence-corrected chi connectivity index (χ0v) is 11.2. The Morgan fingerprint density at radius 2 is 1.80 bits per heavy atom. The Hall–Kier alpha value is -2.33. The third-order valence-corrected chi connectivity index (χ3v) is 2.90. The van der Waals surface area contributed by atoms with E-state index in [1.807, 2.05) is 0 Å². The van der Waals surface area contributed by atoms with E-state index in [4.69, 9.17) is 16.7 Å². The molecular weight excluding hydrogens is 278 g/mol. The van der Waals surface area contributed by atoms with Crippen LogP contribution in [0.15, 0.2) is 48.5 Å². The predicted molar refractivity (Wildman–Crippen MR) is 77.2 cm³/mol. The third kappa shape index (κ3) is 3.83. The van der Waals surface area contributed by atoms with Gasteiger partial charge in [-0.25, -0.2) is 0 Å². The topological polar surface area (TPSA) is 66.4 Å². The molecule has 1 amide bonds. The summed E-state index contributed by atoms with van der Waals surface area (Å²) in [7, 11) is 0. The second-order valence-corrected chi connectivity index (χ2v) is 4.67. The molecule has 4 nitrogen and oxygen atoms in total. The van der Waals surface area contributed by atoms with Gasteiger partial charge in [0.15, 0.2) is 0 Å². The zero-order chi connectivity index (χ0) is 14.5. The number of carboxylic acids is 1. The monoisotopic (exact) mass is 289 g/mol. The summed E-state index contributed by atoms with van der Waals surface area (Å²) < 4.78 is 0. The molecule has 0 atom stereocenters. The lowest BCUT2D eigenvalue weighted by Crippen LogP contribution is -2.12. The van der Waals surface area contributed by atoms with Crippen LogP contribution in [0.4, 0.5) is 5.69 Å². The van der Waals surface area contributed by atoms with Gasteiger partial charge < -0.3 is 10.4 Å². The molecule has 20 heavy (non-hydrogen) atoms. The average molecular weight is 290 g/mol. The van der Waals surface area contributed by atoms with Crippen molar-refractivity contribution in [1.82, 2.24) is 0 Å². The lowest BCUT2D eigenvalue weighted by atomic mass is 10.1. The van der Waals surface area contributed by atoms with Crippen molar-refractivity contribution >= 4 is 29.2 Å². The highest BCUT2D eigenvalue weighted by Gasteiger charge is 2.07. The smallest absolute Gasteiger partial charge is 0.307 e. The quantitative estimate of drug-likeness (QED) is 0.908. The lowest BCUT2D eigenvalue weighted by molar-refractivity contribution is -0.136. The fraction of sp³-hybridized carbons (Fsp3) is 0.0667. The van der Waals surface area contributed by atoms with Crippen LogP contribution >= 0.6 is 11.6 Å². The summed E-state index contributed by atoms with van der Waals surface area (Å²) in [5, 5.41) is 12.0. The van der Waals surface area contributed by atoms with E-state index in [0.717, 1.165) is 0 Å². The summed E-state index contributed by atoms with van der Waals surface area (Å²) in [5.41, 5.74) is 1.67. The van der Waals surface area contributed by atoms with Gasteiger partial charge in [-0.05, 0) is 42.0 Å². The van der Waals surface area contributed by atoms with Gasteiger partial charge in [0.2, 0.25) is 0 Å². The molecular formula is C15H12ClNO3. The molecule has 0 spiro atoms. The highest BCUT2D eigenvalue weighted by atomic mass is 35.5. The number of carbonyl (C=O) groups excluding carboxylic acids is 1. The van der Waals surface area contributed by atoms with Crippen LogP contribution in [0, 0.1) is 0 Å². The van der Waals surface area contributed by atoms with Crippen molar-refractivity contribution in [3.8, 4) is 0 Å². The average Bonchev–Trinajstić information content (AvgIpc) is 2.39. The first kappa shape index (κ1) is 14.1. The van der Waals surface area contributed by atoms with E-state index in [1.165, 1.54) is 0 Å². The van der Waals surface area contributed by atoms with Crippen LogP contribution in [0.1, 0.15) is 15.9 Å². The van der Waals surface area contributed by atoms with Gasteiger partial charge in [0.1, 0.15) is 0 Å². The number of nitrogens with one attached hydrogen (secondary N) is 1. The van der Waals surface area contributed by atoms with Crippen LogP contribution in [-0.4, -0.2) is 17.0 Å². The molecule has 2 aromatic carbocycles. The predicted octanol–water partition coefficient (Wildman–Crippen LogP) is 3.22. The summed E-state index contributed by atoms with van der Waals surface area (Å²) in [6.45, 7) is 0. The summed E-state index contributed by atoms with van der Waals surface area (Å²) in [6.07, 6.45) is -0.0787. The molecule has 5 heteroatoms. The molecule has 2 rings (SSSR count). The molecule has 0 saturated heterocycles. The Morgan fingerprint density at radius 3 is 2.45 bits per heavy atom. The molecule has 0 aromatic heterocycles. The minimum atomic E-state index is -0.911. The second kappa shape index (κ2) is 6.21. The maximum atomic E-state index is 12.0. The molecule has 2 aromatic rings. The van der Waals surface area contributed by atoms with Gasteiger partial charge >= 0.3 is 5.97 Å². The molecule has 0 fully saturated rings. The number of halogens is 1.